The van der Waals surface area contributed by atoms with Crippen LogP contribution in [0.2, 0.25) is 0 Å². The molecule has 0 amide bonds. The topological polar surface area (TPSA) is 26.3 Å². The van der Waals surface area contributed by atoms with Crippen LogP contribution < -0.4 is 0 Å². The van der Waals surface area contributed by atoms with Gasteiger partial charge in [-0.2, -0.15) is 70.2 Å². The number of hydrogen-bond donors (Lipinski definition) is 0. The van der Waals surface area contributed by atoms with E-state index in [2.05, 4.69) is 11.3 Å². The van der Waals surface area contributed by atoms with Crippen molar-refractivity contribution < 1.29 is 79.8 Å². The molecule has 18 heteroatoms. The first kappa shape index (κ1) is 32.1. The third-order valence-electron chi connectivity index (χ3n) is 4.39. The van der Waals surface area contributed by atoms with Crippen molar-refractivity contribution in [2.75, 3.05) is 0 Å². The van der Waals surface area contributed by atoms with E-state index in [1.807, 2.05) is 0 Å². The molecular weight excluding hydrogens is 564 g/mol. The van der Waals surface area contributed by atoms with Crippen LogP contribution in [0.4, 0.5) is 70.2 Å². The lowest BCUT2D eigenvalue weighted by Crippen LogP contribution is -2.73. The third kappa shape index (κ3) is 5.23. The normalized spacial score (nSPS) is 15.6. The first-order valence-electron chi connectivity index (χ1n) is 8.91. The van der Waals surface area contributed by atoms with Gasteiger partial charge in [0.2, 0.25) is 0 Å². The molecule has 1 unspecified atom stereocenters. The van der Waals surface area contributed by atoms with Crippen molar-refractivity contribution in [1.29, 1.82) is 0 Å². The standard InChI is InChI=1S/C19H10F16O2/c1-9(7-8-10-5-3-2-4-6-10)11(36)37-12(20)13(21,22)14(23,24)15(25,26)16(27,28)17(29,30)18(31,32)19(33,34)35/h2-8,12H,1H2. The molecule has 37 heavy (non-hydrogen) atoms. The molecule has 0 heterocycles. The van der Waals surface area contributed by atoms with Crippen molar-refractivity contribution in [1.82, 2.24) is 0 Å². The first-order chi connectivity index (χ1) is 16.3. The van der Waals surface area contributed by atoms with E-state index in [-0.39, 0.29) is 5.56 Å². The molecule has 210 valence electrons. The summed E-state index contributed by atoms with van der Waals surface area (Å²) < 4.78 is 213. The van der Waals surface area contributed by atoms with Gasteiger partial charge < -0.3 is 4.74 Å². The molecule has 1 aromatic carbocycles. The van der Waals surface area contributed by atoms with Crippen LogP contribution >= 0.6 is 0 Å². The van der Waals surface area contributed by atoms with E-state index < -0.39 is 59.6 Å². The van der Waals surface area contributed by atoms with E-state index in [1.54, 1.807) is 0 Å². The van der Waals surface area contributed by atoms with Gasteiger partial charge in [0.05, 0.1) is 5.57 Å². The molecule has 0 N–H and O–H groups in total. The van der Waals surface area contributed by atoms with Gasteiger partial charge in [0.25, 0.3) is 0 Å². The number of carbonyl (C=O) groups is 1. The summed E-state index contributed by atoms with van der Waals surface area (Å²) >= 11 is 0. The lowest BCUT2D eigenvalue weighted by atomic mass is 9.91. The Hall–Kier alpha value is -2.95. The molecule has 0 spiro atoms. The second-order valence-electron chi connectivity index (χ2n) is 6.98. The number of hydrogen-bond acceptors (Lipinski definition) is 2. The Morgan fingerprint density at radius 1 is 0.703 bits per heavy atom. The molecule has 2 nitrogen and oxygen atoms in total. The average Bonchev–Trinajstić information content (AvgIpc) is 2.76. The summed E-state index contributed by atoms with van der Waals surface area (Å²) in [4.78, 5) is 11.5. The fraction of sp³-hybridized carbons (Fsp3) is 0.421. The highest BCUT2D eigenvalue weighted by Crippen LogP contribution is 2.62. The van der Waals surface area contributed by atoms with Gasteiger partial charge >= 0.3 is 54.0 Å². The fourth-order valence-electron chi connectivity index (χ4n) is 2.19. The summed E-state index contributed by atoms with van der Waals surface area (Å²) in [5, 5.41) is 0. The second kappa shape index (κ2) is 9.74. The molecule has 1 aromatic rings. The Morgan fingerprint density at radius 2 is 1.11 bits per heavy atom. The number of ether oxygens (including phenoxy) is 1. The predicted octanol–water partition coefficient (Wildman–Crippen LogP) is 7.47. The molecule has 0 saturated heterocycles. The molecule has 0 aliphatic heterocycles. The maximum atomic E-state index is 13.7. The largest absolute Gasteiger partial charge is 0.460 e. The third-order valence-corrected chi connectivity index (χ3v) is 4.39. The fourth-order valence-corrected chi connectivity index (χ4v) is 2.19. The predicted molar refractivity (Wildman–Crippen MR) is 91.3 cm³/mol. The van der Waals surface area contributed by atoms with Gasteiger partial charge in [0.1, 0.15) is 0 Å². The van der Waals surface area contributed by atoms with Gasteiger partial charge in [-0.15, -0.1) is 0 Å². The summed E-state index contributed by atoms with van der Waals surface area (Å²) in [5.74, 6) is -51.7. The zero-order chi connectivity index (χ0) is 29.5. The summed E-state index contributed by atoms with van der Waals surface area (Å²) in [6.07, 6.45) is -11.6. The van der Waals surface area contributed by atoms with Crippen LogP contribution in [0, 0.1) is 0 Å². The highest BCUT2D eigenvalue weighted by atomic mass is 19.4. The van der Waals surface area contributed by atoms with E-state index in [9.17, 15) is 75.0 Å². The molecule has 1 atom stereocenters. The minimum Gasteiger partial charge on any atom is -0.421 e. The smallest absolute Gasteiger partial charge is 0.421 e. The minimum absolute atomic E-state index is 0.267. The Balaban J connectivity index is 3.29. The van der Waals surface area contributed by atoms with Crippen LogP contribution in [-0.2, 0) is 9.53 Å². The molecule has 0 fully saturated rings. The highest BCUT2D eigenvalue weighted by molar-refractivity contribution is 5.92. The molecular formula is C19H10F16O2. The van der Waals surface area contributed by atoms with Crippen molar-refractivity contribution in [3.05, 3.63) is 54.1 Å². The maximum Gasteiger partial charge on any atom is 0.460 e. The number of carbonyl (C=O) groups excluding carboxylic acids is 1. The molecule has 0 aliphatic rings. The maximum absolute atomic E-state index is 13.7. The number of rotatable bonds is 10. The monoisotopic (exact) mass is 574 g/mol. The SMILES string of the molecule is C=C(C=Cc1ccccc1)C(=O)OC(F)C(F)(F)C(F)(F)C(F)(F)C(F)(F)C(F)(F)C(F)(F)C(F)(F)F. The van der Waals surface area contributed by atoms with Gasteiger partial charge in [-0.3, -0.25) is 0 Å². The van der Waals surface area contributed by atoms with Crippen molar-refractivity contribution in [2.24, 2.45) is 0 Å². The van der Waals surface area contributed by atoms with Crippen molar-refractivity contribution in [3.63, 3.8) is 0 Å². The first-order valence-corrected chi connectivity index (χ1v) is 8.91. The Morgan fingerprint density at radius 3 is 1.54 bits per heavy atom. The van der Waals surface area contributed by atoms with E-state index >= 15 is 0 Å². The lowest BCUT2D eigenvalue weighted by Gasteiger charge is -2.41. The van der Waals surface area contributed by atoms with Crippen LogP contribution in [0.1, 0.15) is 5.56 Å². The molecule has 0 aliphatic carbocycles. The number of alkyl halides is 16. The van der Waals surface area contributed by atoms with Crippen LogP contribution in [0.25, 0.3) is 6.08 Å². The van der Waals surface area contributed by atoms with E-state index in [0.29, 0.717) is 6.08 Å². The molecule has 0 aromatic heterocycles. The average molecular weight is 574 g/mol. The van der Waals surface area contributed by atoms with Crippen LogP contribution in [0.3, 0.4) is 0 Å². The summed E-state index contributed by atoms with van der Waals surface area (Å²) in [7, 11) is 0. The van der Waals surface area contributed by atoms with Gasteiger partial charge in [-0.1, -0.05) is 43.0 Å². The Labute approximate surface area is 195 Å². The van der Waals surface area contributed by atoms with Crippen LogP contribution in [0.15, 0.2) is 48.6 Å². The second-order valence-corrected chi connectivity index (χ2v) is 6.98. The van der Waals surface area contributed by atoms with Gasteiger partial charge in [0.15, 0.2) is 0 Å². The Kier molecular flexibility index (Phi) is 8.44. The summed E-state index contributed by atoms with van der Waals surface area (Å²) in [5.41, 5.74) is -0.873. The zero-order valence-electron chi connectivity index (χ0n) is 17.2. The zero-order valence-corrected chi connectivity index (χ0v) is 17.2. The Bertz CT molecular complexity index is 1010. The van der Waals surface area contributed by atoms with E-state index in [0.717, 1.165) is 6.08 Å². The van der Waals surface area contributed by atoms with E-state index in [4.69, 9.17) is 0 Å². The van der Waals surface area contributed by atoms with Crippen molar-refractivity contribution in [3.8, 4) is 0 Å². The quantitative estimate of drug-likeness (QED) is 0.126. The minimum atomic E-state index is -8.59. The molecule has 0 bridgehead atoms. The van der Waals surface area contributed by atoms with Gasteiger partial charge in [-0.25, -0.2) is 4.79 Å². The van der Waals surface area contributed by atoms with Crippen molar-refractivity contribution in [2.45, 2.75) is 48.1 Å². The van der Waals surface area contributed by atoms with Crippen LogP contribution in [0.5, 0.6) is 0 Å². The highest BCUT2D eigenvalue weighted by Gasteiger charge is 2.94. The molecule has 1 rings (SSSR count). The number of esters is 1. The summed E-state index contributed by atoms with van der Waals surface area (Å²) in [6.45, 7) is 2.82. The van der Waals surface area contributed by atoms with Gasteiger partial charge in [-0.05, 0) is 11.6 Å². The van der Waals surface area contributed by atoms with Crippen LogP contribution in [-0.4, -0.2) is 54.0 Å². The molecule has 0 radical (unpaired) electrons. The van der Waals surface area contributed by atoms with Gasteiger partial charge in [0, 0.05) is 0 Å². The summed E-state index contributed by atoms with van der Waals surface area (Å²) in [6, 6.07) is 7.11. The number of benzene rings is 1. The lowest BCUT2D eigenvalue weighted by molar-refractivity contribution is -0.458. The van der Waals surface area contributed by atoms with Crippen molar-refractivity contribution >= 4 is 12.0 Å². The molecule has 0 saturated carbocycles. The number of halogens is 16. The van der Waals surface area contributed by atoms with E-state index in [1.165, 1.54) is 30.3 Å².